The molecule has 202 valence electrons. The molecule has 39 heavy (non-hydrogen) atoms. The second kappa shape index (κ2) is 8.70. The zero-order valence-electron chi connectivity index (χ0n) is 20.4. The van der Waals surface area contributed by atoms with E-state index in [-0.39, 0.29) is 45.8 Å². The highest BCUT2D eigenvalue weighted by molar-refractivity contribution is 5.98. The molecule has 0 aliphatic carbocycles. The van der Waals surface area contributed by atoms with E-state index in [2.05, 4.69) is 20.3 Å². The average molecular weight is 545 g/mol. The SMILES string of the molecule is CC(C)(O)c1ncc(-c2cc3c(cc2F)nc2n3[C@@H]3C[C@H]2NC(=O)c2cccc(OC(F)F)c23)c(C(F)F)n1. The van der Waals surface area contributed by atoms with E-state index in [1.54, 1.807) is 4.57 Å². The summed E-state index contributed by atoms with van der Waals surface area (Å²) in [5, 5.41) is 13.0. The van der Waals surface area contributed by atoms with Gasteiger partial charge in [-0.2, -0.15) is 8.78 Å². The average Bonchev–Trinajstić information content (AvgIpc) is 3.33. The quantitative estimate of drug-likeness (QED) is 0.336. The molecule has 0 radical (unpaired) electrons. The number of fused-ring (bicyclic) bond motifs is 9. The van der Waals surface area contributed by atoms with Crippen molar-refractivity contribution in [3.05, 3.63) is 70.8 Å². The van der Waals surface area contributed by atoms with Crippen molar-refractivity contribution in [1.82, 2.24) is 24.8 Å². The monoisotopic (exact) mass is 545 g/mol. The molecule has 2 bridgehead atoms. The first-order valence-corrected chi connectivity index (χ1v) is 11.9. The smallest absolute Gasteiger partial charge is 0.387 e. The molecule has 6 rings (SSSR count). The number of nitrogens with zero attached hydrogens (tertiary/aromatic N) is 4. The third-order valence-electron chi connectivity index (χ3n) is 6.92. The summed E-state index contributed by atoms with van der Waals surface area (Å²) in [6.07, 6.45) is -1.81. The maximum Gasteiger partial charge on any atom is 0.387 e. The maximum absolute atomic E-state index is 15.4. The van der Waals surface area contributed by atoms with Crippen LogP contribution >= 0.6 is 0 Å². The summed E-state index contributed by atoms with van der Waals surface area (Å²) >= 11 is 0. The molecule has 2 aromatic carbocycles. The van der Waals surface area contributed by atoms with Crippen LogP contribution in [0.5, 0.6) is 5.75 Å². The van der Waals surface area contributed by atoms with Crippen LogP contribution in [-0.2, 0) is 5.60 Å². The topological polar surface area (TPSA) is 102 Å². The van der Waals surface area contributed by atoms with Gasteiger partial charge in [0.2, 0.25) is 0 Å². The van der Waals surface area contributed by atoms with Crippen molar-refractivity contribution in [2.24, 2.45) is 0 Å². The third-order valence-corrected chi connectivity index (χ3v) is 6.92. The number of hydrogen-bond acceptors (Lipinski definition) is 6. The largest absolute Gasteiger partial charge is 0.434 e. The molecule has 2 aromatic heterocycles. The van der Waals surface area contributed by atoms with Crippen molar-refractivity contribution in [3.63, 3.8) is 0 Å². The van der Waals surface area contributed by atoms with Crippen LogP contribution in [0.4, 0.5) is 22.0 Å². The van der Waals surface area contributed by atoms with Crippen LogP contribution in [0.1, 0.15) is 72.0 Å². The highest BCUT2D eigenvalue weighted by Crippen LogP contribution is 2.48. The maximum atomic E-state index is 15.4. The second-order valence-electron chi connectivity index (χ2n) is 9.89. The first-order chi connectivity index (χ1) is 18.4. The molecule has 8 nitrogen and oxygen atoms in total. The van der Waals surface area contributed by atoms with E-state index in [0.717, 1.165) is 12.3 Å². The number of carbonyl (C=O) groups excluding carboxylic acids is 1. The lowest BCUT2D eigenvalue weighted by atomic mass is 9.97. The van der Waals surface area contributed by atoms with Crippen LogP contribution in [0.25, 0.3) is 22.2 Å². The molecule has 0 fully saturated rings. The predicted octanol–water partition coefficient (Wildman–Crippen LogP) is 5.18. The highest BCUT2D eigenvalue weighted by Gasteiger charge is 2.42. The molecular formula is C26H20F5N5O3. The molecule has 2 aliphatic heterocycles. The van der Waals surface area contributed by atoms with Gasteiger partial charge in [0, 0.05) is 34.5 Å². The van der Waals surface area contributed by atoms with Crippen LogP contribution in [0.3, 0.4) is 0 Å². The number of imidazole rings is 1. The summed E-state index contributed by atoms with van der Waals surface area (Å²) in [6, 6.07) is 5.34. The fourth-order valence-electron chi connectivity index (χ4n) is 5.30. The molecule has 0 saturated carbocycles. The van der Waals surface area contributed by atoms with E-state index in [9.17, 15) is 27.5 Å². The molecule has 2 N–H and O–H groups in total. The van der Waals surface area contributed by atoms with Gasteiger partial charge in [0.1, 0.15) is 28.7 Å². The van der Waals surface area contributed by atoms with Gasteiger partial charge in [-0.3, -0.25) is 4.79 Å². The fourth-order valence-corrected chi connectivity index (χ4v) is 5.30. The van der Waals surface area contributed by atoms with E-state index in [1.165, 1.54) is 38.1 Å². The number of benzene rings is 2. The van der Waals surface area contributed by atoms with E-state index >= 15 is 4.39 Å². The number of amides is 1. The molecule has 2 aliphatic rings. The Kier molecular flexibility index (Phi) is 5.61. The number of carbonyl (C=O) groups is 1. The summed E-state index contributed by atoms with van der Waals surface area (Å²) in [6.45, 7) is -0.467. The lowest BCUT2D eigenvalue weighted by molar-refractivity contribution is -0.0507. The minimum atomic E-state index is -3.14. The Morgan fingerprint density at radius 1 is 1.13 bits per heavy atom. The number of halogens is 5. The summed E-state index contributed by atoms with van der Waals surface area (Å²) in [5.41, 5.74) is -2.01. The zero-order valence-corrected chi connectivity index (χ0v) is 20.4. The second-order valence-corrected chi connectivity index (χ2v) is 9.89. The lowest BCUT2D eigenvalue weighted by Gasteiger charge is -2.21. The molecule has 2 atom stereocenters. The van der Waals surface area contributed by atoms with Crippen molar-refractivity contribution in [2.75, 3.05) is 0 Å². The molecule has 4 aromatic rings. The Hall–Kier alpha value is -4.13. The standard InChI is InChI=1S/C26H20F5N5O3/c1-26(2,38)24-32-9-12(20(35-24)21(28)29)11-6-16-14(7-13(11)27)33-22-15-8-17(36(16)22)19-10(23(37)34-15)4-3-5-18(19)39-25(30)31/h3-7,9,15,17,21,25,38H,8H2,1-2H3,(H,34,37)/t15-,17-/m1/s1. The number of ether oxygens (including phenoxy) is 1. The molecule has 1 amide bonds. The first-order valence-electron chi connectivity index (χ1n) is 11.9. The number of aromatic nitrogens is 4. The molecule has 13 heteroatoms. The molecule has 0 saturated heterocycles. The van der Waals surface area contributed by atoms with Gasteiger partial charge in [0.05, 0.1) is 23.1 Å². The zero-order chi connectivity index (χ0) is 27.8. The summed E-state index contributed by atoms with van der Waals surface area (Å²) in [4.78, 5) is 25.2. The Labute approximate surface area is 217 Å². The summed E-state index contributed by atoms with van der Waals surface area (Å²) in [7, 11) is 0. The van der Waals surface area contributed by atoms with Crippen LogP contribution in [-0.4, -0.2) is 37.1 Å². The van der Waals surface area contributed by atoms with Crippen LogP contribution in [0, 0.1) is 5.82 Å². The predicted molar refractivity (Wildman–Crippen MR) is 127 cm³/mol. The van der Waals surface area contributed by atoms with Crippen molar-refractivity contribution >= 4 is 16.9 Å². The lowest BCUT2D eigenvalue weighted by Crippen LogP contribution is -2.28. The highest BCUT2D eigenvalue weighted by atomic mass is 19.3. The molecule has 0 unspecified atom stereocenters. The third kappa shape index (κ3) is 3.99. The van der Waals surface area contributed by atoms with Gasteiger partial charge in [-0.15, -0.1) is 0 Å². The fraction of sp³-hybridized carbons (Fsp3) is 0.308. The van der Waals surface area contributed by atoms with E-state index in [4.69, 9.17) is 4.74 Å². The molecular weight excluding hydrogens is 525 g/mol. The number of hydrogen-bond donors (Lipinski definition) is 2. The normalized spacial score (nSPS) is 18.4. The molecule has 4 heterocycles. The van der Waals surface area contributed by atoms with Gasteiger partial charge in [-0.1, -0.05) is 6.07 Å². The van der Waals surface area contributed by atoms with Crippen LogP contribution < -0.4 is 10.1 Å². The minimum Gasteiger partial charge on any atom is -0.434 e. The van der Waals surface area contributed by atoms with E-state index in [0.29, 0.717) is 11.3 Å². The first kappa shape index (κ1) is 25.2. The van der Waals surface area contributed by atoms with E-state index in [1.807, 2.05) is 0 Å². The molecule has 0 spiro atoms. The van der Waals surface area contributed by atoms with Crippen molar-refractivity contribution in [2.45, 2.75) is 51.0 Å². The number of rotatable bonds is 5. The Morgan fingerprint density at radius 2 is 1.90 bits per heavy atom. The van der Waals surface area contributed by atoms with Crippen molar-refractivity contribution in [3.8, 4) is 16.9 Å². The summed E-state index contributed by atoms with van der Waals surface area (Å²) in [5.74, 6) is -1.43. The van der Waals surface area contributed by atoms with Gasteiger partial charge in [0.15, 0.2) is 5.82 Å². The van der Waals surface area contributed by atoms with Gasteiger partial charge in [-0.25, -0.2) is 28.1 Å². The van der Waals surface area contributed by atoms with Gasteiger partial charge >= 0.3 is 6.61 Å². The Morgan fingerprint density at radius 3 is 2.59 bits per heavy atom. The number of alkyl halides is 4. The number of aliphatic hydroxyl groups is 1. The summed E-state index contributed by atoms with van der Waals surface area (Å²) < 4.78 is 76.3. The minimum absolute atomic E-state index is 0.145. The van der Waals surface area contributed by atoms with Crippen LogP contribution in [0.2, 0.25) is 0 Å². The van der Waals surface area contributed by atoms with E-state index < -0.39 is 48.1 Å². The number of nitrogens with one attached hydrogen (secondary N) is 1. The van der Waals surface area contributed by atoms with Crippen LogP contribution in [0.15, 0.2) is 36.5 Å². The van der Waals surface area contributed by atoms with Crippen molar-refractivity contribution in [1.29, 1.82) is 0 Å². The van der Waals surface area contributed by atoms with Gasteiger partial charge in [-0.05, 0) is 38.5 Å². The Bertz CT molecular complexity index is 1650. The Balaban J connectivity index is 1.57. The van der Waals surface area contributed by atoms with Gasteiger partial charge in [0.25, 0.3) is 12.3 Å². The van der Waals surface area contributed by atoms with Crippen molar-refractivity contribution < 1.29 is 36.6 Å². The van der Waals surface area contributed by atoms with Gasteiger partial charge < -0.3 is 19.7 Å².